The minimum absolute atomic E-state index is 0.0836. The SMILES string of the molecule is O=C(O)c1cccc(N2CCCC2CCCO)n1. The zero-order valence-corrected chi connectivity index (χ0v) is 10.2. The molecule has 5 heteroatoms. The third-order valence-electron chi connectivity index (χ3n) is 3.32. The van der Waals surface area contributed by atoms with E-state index in [1.54, 1.807) is 6.07 Å². The number of hydrogen-bond acceptors (Lipinski definition) is 4. The number of carbonyl (C=O) groups is 1. The van der Waals surface area contributed by atoms with E-state index in [2.05, 4.69) is 9.88 Å². The molecule has 2 rings (SSSR count). The van der Waals surface area contributed by atoms with Gasteiger partial charge in [-0.3, -0.25) is 0 Å². The van der Waals surface area contributed by atoms with Crippen LogP contribution in [0.25, 0.3) is 0 Å². The third-order valence-corrected chi connectivity index (χ3v) is 3.32. The van der Waals surface area contributed by atoms with Gasteiger partial charge in [-0.05, 0) is 37.8 Å². The van der Waals surface area contributed by atoms with Gasteiger partial charge in [0.05, 0.1) is 0 Å². The molecule has 1 aliphatic heterocycles. The molecule has 18 heavy (non-hydrogen) atoms. The van der Waals surface area contributed by atoms with Gasteiger partial charge >= 0.3 is 5.97 Å². The Bertz CT molecular complexity index is 422. The van der Waals surface area contributed by atoms with Gasteiger partial charge in [0, 0.05) is 19.2 Å². The Kier molecular flexibility index (Phi) is 4.15. The minimum Gasteiger partial charge on any atom is -0.477 e. The van der Waals surface area contributed by atoms with Crippen molar-refractivity contribution < 1.29 is 15.0 Å². The van der Waals surface area contributed by atoms with E-state index in [0.29, 0.717) is 6.04 Å². The second-order valence-corrected chi connectivity index (χ2v) is 4.54. The molecule has 1 aromatic rings. The highest BCUT2D eigenvalue weighted by Crippen LogP contribution is 2.26. The Labute approximate surface area is 106 Å². The molecule has 1 aromatic heterocycles. The van der Waals surface area contributed by atoms with Crippen molar-refractivity contribution in [2.24, 2.45) is 0 Å². The molecule has 0 amide bonds. The van der Waals surface area contributed by atoms with E-state index in [0.717, 1.165) is 38.0 Å². The van der Waals surface area contributed by atoms with Crippen molar-refractivity contribution >= 4 is 11.8 Å². The number of rotatable bonds is 5. The molecule has 1 aliphatic rings. The summed E-state index contributed by atoms with van der Waals surface area (Å²) in [7, 11) is 0. The highest BCUT2D eigenvalue weighted by atomic mass is 16.4. The van der Waals surface area contributed by atoms with Gasteiger partial charge in [0.2, 0.25) is 0 Å². The van der Waals surface area contributed by atoms with Gasteiger partial charge in [-0.2, -0.15) is 0 Å². The van der Waals surface area contributed by atoms with Crippen LogP contribution in [0.1, 0.15) is 36.2 Å². The number of aliphatic hydroxyl groups excluding tert-OH is 1. The predicted octanol–water partition coefficient (Wildman–Crippen LogP) is 1.52. The second kappa shape index (κ2) is 5.82. The average Bonchev–Trinajstić information content (AvgIpc) is 2.84. The van der Waals surface area contributed by atoms with Crippen LogP contribution >= 0.6 is 0 Å². The summed E-state index contributed by atoms with van der Waals surface area (Å²) in [6.45, 7) is 1.11. The molecule has 1 fully saturated rings. The van der Waals surface area contributed by atoms with Gasteiger partial charge in [-0.15, -0.1) is 0 Å². The van der Waals surface area contributed by atoms with Crippen molar-refractivity contribution in [2.45, 2.75) is 31.7 Å². The monoisotopic (exact) mass is 250 g/mol. The summed E-state index contributed by atoms with van der Waals surface area (Å²) in [6.07, 6.45) is 3.88. The largest absolute Gasteiger partial charge is 0.477 e. The first-order valence-electron chi connectivity index (χ1n) is 6.30. The molecule has 98 valence electrons. The van der Waals surface area contributed by atoms with Crippen LogP contribution in [-0.2, 0) is 0 Å². The molecular weight excluding hydrogens is 232 g/mol. The van der Waals surface area contributed by atoms with E-state index in [9.17, 15) is 4.79 Å². The number of carboxylic acid groups (broad SMARTS) is 1. The lowest BCUT2D eigenvalue weighted by Gasteiger charge is -2.25. The Hall–Kier alpha value is -1.62. The van der Waals surface area contributed by atoms with E-state index in [1.165, 1.54) is 6.07 Å². The maximum atomic E-state index is 10.9. The maximum Gasteiger partial charge on any atom is 0.354 e. The standard InChI is InChI=1S/C13H18N2O3/c16-9-3-5-10-4-2-8-15(10)12-7-1-6-11(14-12)13(17)18/h1,6-7,10,16H,2-5,8-9H2,(H,17,18). The molecule has 0 spiro atoms. The molecule has 1 atom stereocenters. The summed E-state index contributed by atoms with van der Waals surface area (Å²) in [6, 6.07) is 5.45. The van der Waals surface area contributed by atoms with Gasteiger partial charge in [-0.1, -0.05) is 6.07 Å². The van der Waals surface area contributed by atoms with Gasteiger partial charge in [-0.25, -0.2) is 9.78 Å². The molecule has 2 heterocycles. The Morgan fingerprint density at radius 2 is 2.33 bits per heavy atom. The fraction of sp³-hybridized carbons (Fsp3) is 0.538. The lowest BCUT2D eigenvalue weighted by Crippen LogP contribution is -2.30. The highest BCUT2D eigenvalue weighted by molar-refractivity contribution is 5.85. The molecule has 2 N–H and O–H groups in total. The fourth-order valence-corrected chi connectivity index (χ4v) is 2.47. The molecule has 0 aliphatic carbocycles. The summed E-state index contributed by atoms with van der Waals surface area (Å²) in [5.41, 5.74) is 0.0836. The van der Waals surface area contributed by atoms with Crippen LogP contribution in [0.4, 0.5) is 5.82 Å². The van der Waals surface area contributed by atoms with Crippen molar-refractivity contribution in [1.82, 2.24) is 4.98 Å². The van der Waals surface area contributed by atoms with E-state index < -0.39 is 5.97 Å². The number of hydrogen-bond donors (Lipinski definition) is 2. The topological polar surface area (TPSA) is 73.7 Å². The first-order valence-corrected chi connectivity index (χ1v) is 6.30. The summed E-state index contributed by atoms with van der Waals surface area (Å²) < 4.78 is 0. The van der Waals surface area contributed by atoms with E-state index >= 15 is 0 Å². The number of aromatic carboxylic acids is 1. The quantitative estimate of drug-likeness (QED) is 0.828. The molecular formula is C13H18N2O3. The lowest BCUT2D eigenvalue weighted by atomic mass is 10.1. The smallest absolute Gasteiger partial charge is 0.354 e. The normalized spacial score (nSPS) is 19.2. The van der Waals surface area contributed by atoms with Gasteiger partial charge < -0.3 is 15.1 Å². The number of pyridine rings is 1. The van der Waals surface area contributed by atoms with Crippen molar-refractivity contribution in [3.05, 3.63) is 23.9 Å². The Morgan fingerprint density at radius 1 is 1.50 bits per heavy atom. The van der Waals surface area contributed by atoms with E-state index in [4.69, 9.17) is 10.2 Å². The third kappa shape index (κ3) is 2.79. The first kappa shape index (κ1) is 12.8. The first-order chi connectivity index (χ1) is 8.72. The average molecular weight is 250 g/mol. The summed E-state index contributed by atoms with van der Waals surface area (Å²) >= 11 is 0. The van der Waals surface area contributed by atoms with Crippen LogP contribution in [0.15, 0.2) is 18.2 Å². The van der Waals surface area contributed by atoms with Crippen molar-refractivity contribution in [3.8, 4) is 0 Å². The van der Waals surface area contributed by atoms with Gasteiger partial charge in [0.15, 0.2) is 5.69 Å². The van der Waals surface area contributed by atoms with Crippen molar-refractivity contribution in [3.63, 3.8) is 0 Å². The van der Waals surface area contributed by atoms with Gasteiger partial charge in [0.25, 0.3) is 0 Å². The molecule has 0 saturated carbocycles. The van der Waals surface area contributed by atoms with Crippen LogP contribution in [0.5, 0.6) is 0 Å². The molecule has 1 saturated heterocycles. The summed E-state index contributed by atoms with van der Waals surface area (Å²) in [4.78, 5) is 17.2. The Balaban J connectivity index is 2.14. The number of aliphatic hydroxyl groups is 1. The molecule has 5 nitrogen and oxygen atoms in total. The van der Waals surface area contributed by atoms with Crippen LogP contribution in [0.2, 0.25) is 0 Å². The molecule has 0 bridgehead atoms. The van der Waals surface area contributed by atoms with Crippen LogP contribution in [-0.4, -0.2) is 40.4 Å². The summed E-state index contributed by atoms with van der Waals surface area (Å²) in [5, 5.41) is 17.8. The zero-order chi connectivity index (χ0) is 13.0. The molecule has 0 aromatic carbocycles. The van der Waals surface area contributed by atoms with Crippen LogP contribution < -0.4 is 4.90 Å². The zero-order valence-electron chi connectivity index (χ0n) is 10.2. The second-order valence-electron chi connectivity index (χ2n) is 4.54. The fourth-order valence-electron chi connectivity index (χ4n) is 2.47. The lowest BCUT2D eigenvalue weighted by molar-refractivity contribution is 0.0690. The maximum absolute atomic E-state index is 10.9. The van der Waals surface area contributed by atoms with E-state index in [-0.39, 0.29) is 12.3 Å². The summed E-state index contributed by atoms with van der Waals surface area (Å²) in [5.74, 6) is -0.265. The Morgan fingerprint density at radius 3 is 3.06 bits per heavy atom. The van der Waals surface area contributed by atoms with Gasteiger partial charge in [0.1, 0.15) is 5.82 Å². The minimum atomic E-state index is -0.997. The van der Waals surface area contributed by atoms with Crippen molar-refractivity contribution in [1.29, 1.82) is 0 Å². The molecule has 1 unspecified atom stereocenters. The predicted molar refractivity (Wildman–Crippen MR) is 67.9 cm³/mol. The number of aromatic nitrogens is 1. The number of carboxylic acids is 1. The van der Waals surface area contributed by atoms with Crippen LogP contribution in [0, 0.1) is 0 Å². The highest BCUT2D eigenvalue weighted by Gasteiger charge is 2.25. The van der Waals surface area contributed by atoms with Crippen molar-refractivity contribution in [2.75, 3.05) is 18.1 Å². The number of anilines is 1. The van der Waals surface area contributed by atoms with E-state index in [1.807, 2.05) is 6.07 Å². The van der Waals surface area contributed by atoms with Crippen LogP contribution in [0.3, 0.4) is 0 Å². The number of nitrogens with zero attached hydrogens (tertiary/aromatic N) is 2. The molecule has 0 radical (unpaired) electrons.